The summed E-state index contributed by atoms with van der Waals surface area (Å²) in [4.78, 5) is 26.0. The van der Waals surface area contributed by atoms with E-state index < -0.39 is 23.8 Å². The van der Waals surface area contributed by atoms with E-state index in [-0.39, 0.29) is 23.7 Å². The zero-order valence-corrected chi connectivity index (χ0v) is 15.8. The Labute approximate surface area is 160 Å². The second-order valence-corrected chi connectivity index (χ2v) is 6.21. The number of hydrogen-bond acceptors (Lipinski definition) is 5. The first kappa shape index (κ1) is 20.4. The Morgan fingerprint density at radius 2 is 2.04 bits per heavy atom. The Bertz CT molecular complexity index is 889. The zero-order valence-electron chi connectivity index (χ0n) is 15.1. The number of aryl methyl sites for hydroxylation is 1. The molecule has 0 bridgehead atoms. The van der Waals surface area contributed by atoms with Crippen molar-refractivity contribution in [1.82, 2.24) is 14.7 Å². The van der Waals surface area contributed by atoms with Gasteiger partial charge in [0.1, 0.15) is 16.5 Å². The summed E-state index contributed by atoms with van der Waals surface area (Å²) >= 11 is 6.27. The summed E-state index contributed by atoms with van der Waals surface area (Å²) in [5, 5.41) is 12.8. The Hall–Kier alpha value is -2.92. The van der Waals surface area contributed by atoms with Gasteiger partial charge in [-0.1, -0.05) is 11.6 Å². The normalized spacial score (nSPS) is 11.6. The molecule has 0 N–H and O–H groups in total. The molecule has 1 aromatic heterocycles. The molecule has 1 heterocycles. The maximum atomic E-state index is 13.1. The number of amides is 1. The van der Waals surface area contributed by atoms with Crippen LogP contribution in [0.4, 0.5) is 4.39 Å². The van der Waals surface area contributed by atoms with Crippen molar-refractivity contribution in [1.29, 1.82) is 5.26 Å². The van der Waals surface area contributed by atoms with Gasteiger partial charge < -0.3 is 9.64 Å². The number of carbonyl (C=O) groups excluding carboxylic acids is 2. The van der Waals surface area contributed by atoms with E-state index in [9.17, 15) is 14.0 Å². The third-order valence-corrected chi connectivity index (χ3v) is 4.20. The van der Waals surface area contributed by atoms with E-state index in [1.807, 2.05) is 6.07 Å². The van der Waals surface area contributed by atoms with E-state index >= 15 is 0 Å². The van der Waals surface area contributed by atoms with Gasteiger partial charge in [0.05, 0.1) is 23.9 Å². The molecule has 1 amide bonds. The molecule has 1 atom stereocenters. The van der Waals surface area contributed by atoms with Crippen molar-refractivity contribution in [3.05, 3.63) is 46.5 Å². The average molecular weight is 393 g/mol. The van der Waals surface area contributed by atoms with Gasteiger partial charge in [-0.3, -0.25) is 4.79 Å². The van der Waals surface area contributed by atoms with Crippen LogP contribution in [0.2, 0.25) is 5.15 Å². The topological polar surface area (TPSA) is 88.2 Å². The lowest BCUT2D eigenvalue weighted by atomic mass is 10.2. The van der Waals surface area contributed by atoms with Gasteiger partial charge in [0.15, 0.2) is 6.10 Å². The number of hydrogen-bond donors (Lipinski definition) is 0. The van der Waals surface area contributed by atoms with Crippen molar-refractivity contribution in [2.75, 3.05) is 13.6 Å². The van der Waals surface area contributed by atoms with Crippen LogP contribution in [0.5, 0.6) is 0 Å². The number of nitrogens with zero attached hydrogens (tertiary/aromatic N) is 4. The van der Waals surface area contributed by atoms with Crippen LogP contribution in [-0.2, 0) is 9.53 Å². The molecule has 0 aliphatic heterocycles. The fraction of sp³-hybridized carbons (Fsp3) is 0.333. The van der Waals surface area contributed by atoms with Crippen LogP contribution in [0.15, 0.2) is 24.3 Å². The highest BCUT2D eigenvalue weighted by molar-refractivity contribution is 6.33. The smallest absolute Gasteiger partial charge is 0.344 e. The Balaban J connectivity index is 2.18. The minimum atomic E-state index is -1.05. The van der Waals surface area contributed by atoms with E-state index in [1.165, 1.54) is 47.8 Å². The van der Waals surface area contributed by atoms with Crippen LogP contribution in [0.1, 0.15) is 29.4 Å². The van der Waals surface area contributed by atoms with Crippen molar-refractivity contribution in [2.45, 2.75) is 26.4 Å². The first-order valence-electron chi connectivity index (χ1n) is 8.10. The van der Waals surface area contributed by atoms with Crippen LogP contribution in [0, 0.1) is 24.1 Å². The van der Waals surface area contributed by atoms with Gasteiger partial charge >= 0.3 is 5.97 Å². The molecule has 9 heteroatoms. The van der Waals surface area contributed by atoms with Crippen LogP contribution < -0.4 is 0 Å². The molecule has 0 spiro atoms. The fourth-order valence-corrected chi connectivity index (χ4v) is 2.74. The van der Waals surface area contributed by atoms with Crippen molar-refractivity contribution in [3.8, 4) is 11.8 Å². The number of rotatable bonds is 6. The highest BCUT2D eigenvalue weighted by atomic mass is 35.5. The van der Waals surface area contributed by atoms with Gasteiger partial charge in [0.2, 0.25) is 0 Å². The standard InChI is InChI=1S/C18H18ClFN4O3/c1-11-15(16(19)24(22-11)14-7-5-13(20)6-8-14)18(26)27-12(2)17(25)23(3)10-4-9-21/h5-8,12H,4,10H2,1-3H3/t12-/m0/s1. The lowest BCUT2D eigenvalue weighted by Crippen LogP contribution is -2.38. The number of ether oxygens (including phenoxy) is 1. The minimum Gasteiger partial charge on any atom is -0.449 e. The summed E-state index contributed by atoms with van der Waals surface area (Å²) in [6.45, 7) is 3.25. The third-order valence-electron chi connectivity index (χ3n) is 3.85. The quantitative estimate of drug-likeness (QED) is 0.705. The highest BCUT2D eigenvalue weighted by Gasteiger charge is 2.27. The summed E-state index contributed by atoms with van der Waals surface area (Å²) in [6.07, 6.45) is -0.871. The lowest BCUT2D eigenvalue weighted by molar-refractivity contribution is -0.138. The molecule has 1 aromatic carbocycles. The summed E-state index contributed by atoms with van der Waals surface area (Å²) in [5.41, 5.74) is 0.816. The van der Waals surface area contributed by atoms with Crippen LogP contribution in [-0.4, -0.2) is 46.3 Å². The van der Waals surface area contributed by atoms with Crippen molar-refractivity contribution in [2.24, 2.45) is 0 Å². The molecular weight excluding hydrogens is 375 g/mol. The maximum Gasteiger partial charge on any atom is 0.344 e. The first-order valence-corrected chi connectivity index (χ1v) is 8.48. The predicted molar refractivity (Wildman–Crippen MR) is 96.0 cm³/mol. The second-order valence-electron chi connectivity index (χ2n) is 5.85. The van der Waals surface area contributed by atoms with E-state index in [0.717, 1.165) is 0 Å². The molecule has 0 aliphatic carbocycles. The molecule has 0 saturated carbocycles. The SMILES string of the molecule is Cc1nn(-c2ccc(F)cc2)c(Cl)c1C(=O)O[C@@H](C)C(=O)N(C)CCC#N. The van der Waals surface area contributed by atoms with Gasteiger partial charge in [-0.25, -0.2) is 13.9 Å². The van der Waals surface area contributed by atoms with Gasteiger partial charge in [-0.15, -0.1) is 0 Å². The number of benzene rings is 1. The monoisotopic (exact) mass is 392 g/mol. The molecular formula is C18H18ClFN4O3. The molecule has 2 rings (SSSR count). The summed E-state index contributed by atoms with van der Waals surface area (Å²) < 4.78 is 19.6. The van der Waals surface area contributed by atoms with Crippen molar-refractivity contribution < 1.29 is 18.7 Å². The van der Waals surface area contributed by atoms with Crippen molar-refractivity contribution in [3.63, 3.8) is 0 Å². The maximum absolute atomic E-state index is 13.1. The Morgan fingerprint density at radius 3 is 2.63 bits per heavy atom. The van der Waals surface area contributed by atoms with Gasteiger partial charge in [-0.2, -0.15) is 10.4 Å². The number of halogens is 2. The number of esters is 1. The molecule has 0 radical (unpaired) electrons. The van der Waals surface area contributed by atoms with E-state index in [1.54, 1.807) is 6.92 Å². The van der Waals surface area contributed by atoms with Crippen LogP contribution >= 0.6 is 11.6 Å². The first-order chi connectivity index (χ1) is 12.8. The number of aromatic nitrogens is 2. The fourth-order valence-electron chi connectivity index (χ4n) is 2.39. The summed E-state index contributed by atoms with van der Waals surface area (Å²) in [7, 11) is 1.52. The van der Waals surface area contributed by atoms with E-state index in [0.29, 0.717) is 11.4 Å². The predicted octanol–water partition coefficient (Wildman–Crippen LogP) is 2.89. The largest absolute Gasteiger partial charge is 0.449 e. The zero-order chi connectivity index (χ0) is 20.1. The Kier molecular flexibility index (Phi) is 6.53. The number of nitriles is 1. The molecule has 7 nitrogen and oxygen atoms in total. The molecule has 0 unspecified atom stereocenters. The van der Waals surface area contributed by atoms with E-state index in [4.69, 9.17) is 21.6 Å². The Morgan fingerprint density at radius 1 is 1.41 bits per heavy atom. The molecule has 142 valence electrons. The summed E-state index contributed by atoms with van der Waals surface area (Å²) in [6, 6.07) is 7.38. The molecule has 0 aliphatic rings. The van der Waals surface area contributed by atoms with Gasteiger partial charge in [-0.05, 0) is 38.1 Å². The highest BCUT2D eigenvalue weighted by Crippen LogP contribution is 2.25. The molecule has 0 fully saturated rings. The molecule has 27 heavy (non-hydrogen) atoms. The molecule has 2 aromatic rings. The average Bonchev–Trinajstić information content (AvgIpc) is 2.93. The summed E-state index contributed by atoms with van der Waals surface area (Å²) in [5.74, 6) is -1.63. The van der Waals surface area contributed by atoms with Crippen LogP contribution in [0.25, 0.3) is 5.69 Å². The van der Waals surface area contributed by atoms with Crippen molar-refractivity contribution >= 4 is 23.5 Å². The number of likely N-dealkylation sites (N-methyl/N-ethyl adjacent to an activating group) is 1. The second kappa shape index (κ2) is 8.64. The molecule has 0 saturated heterocycles. The van der Waals surface area contributed by atoms with Crippen LogP contribution in [0.3, 0.4) is 0 Å². The third kappa shape index (κ3) is 4.63. The van der Waals surface area contributed by atoms with Gasteiger partial charge in [0, 0.05) is 13.6 Å². The number of carbonyl (C=O) groups is 2. The van der Waals surface area contributed by atoms with Gasteiger partial charge in [0.25, 0.3) is 5.91 Å². The van der Waals surface area contributed by atoms with E-state index in [2.05, 4.69) is 5.10 Å². The lowest BCUT2D eigenvalue weighted by Gasteiger charge is -2.20. The minimum absolute atomic E-state index is 0.00147.